The molecule has 4 aromatic carbocycles. The second kappa shape index (κ2) is 14.1. The van der Waals surface area contributed by atoms with Crippen molar-refractivity contribution < 1.29 is 24.1 Å². The van der Waals surface area contributed by atoms with Gasteiger partial charge in [0.05, 0.1) is 13.2 Å². The number of carboxylic acids is 1. The largest absolute Gasteiger partial charge is 0.487 e. The Bertz CT molecular complexity index is 2070. The van der Waals surface area contributed by atoms with Gasteiger partial charge in [0.2, 0.25) is 0 Å². The van der Waals surface area contributed by atoms with Crippen LogP contribution in [0.4, 0.5) is 5.69 Å². The van der Waals surface area contributed by atoms with Crippen molar-refractivity contribution in [2.24, 2.45) is 7.05 Å². The third-order valence-corrected chi connectivity index (χ3v) is 9.33. The highest BCUT2D eigenvalue weighted by atomic mass is 16.5. The Hall–Kier alpha value is -5.28. The van der Waals surface area contributed by atoms with E-state index in [9.17, 15) is 9.90 Å². The summed E-state index contributed by atoms with van der Waals surface area (Å²) in [5.74, 6) is 0.784. The zero-order valence-electron chi connectivity index (χ0n) is 28.2. The summed E-state index contributed by atoms with van der Waals surface area (Å²) in [6.07, 6.45) is 0.932. The van der Waals surface area contributed by atoms with Gasteiger partial charge < -0.3 is 29.2 Å². The van der Waals surface area contributed by atoms with Crippen molar-refractivity contribution in [3.8, 4) is 11.5 Å². The summed E-state index contributed by atoms with van der Waals surface area (Å²) < 4.78 is 20.9. The molecule has 3 heterocycles. The smallest absolute Gasteiger partial charge is 0.352 e. The van der Waals surface area contributed by atoms with Gasteiger partial charge in [-0.2, -0.15) is 5.10 Å². The monoisotopic (exact) mass is 658 g/mol. The van der Waals surface area contributed by atoms with Crippen molar-refractivity contribution in [1.82, 2.24) is 14.8 Å². The lowest BCUT2D eigenvalue weighted by Crippen LogP contribution is -2.36. The summed E-state index contributed by atoms with van der Waals surface area (Å²) in [7, 11) is 1.99. The molecule has 2 N–H and O–H groups in total. The van der Waals surface area contributed by atoms with Crippen LogP contribution in [-0.2, 0) is 24.8 Å². The average Bonchev–Trinajstić information content (AvgIpc) is 3.71. The number of aromatic carboxylic acids is 1. The summed E-state index contributed by atoms with van der Waals surface area (Å²) in [6, 6.07) is 30.3. The molecule has 0 saturated carbocycles. The molecule has 1 saturated heterocycles. The maximum absolute atomic E-state index is 11.8. The topological polar surface area (TPSA) is 102 Å². The van der Waals surface area contributed by atoms with Crippen LogP contribution in [-0.4, -0.2) is 52.1 Å². The maximum Gasteiger partial charge on any atom is 0.352 e. The minimum absolute atomic E-state index is 0.178. The van der Waals surface area contributed by atoms with E-state index in [-0.39, 0.29) is 24.3 Å². The average molecular weight is 659 g/mol. The number of hydrogen-bond acceptors (Lipinski definition) is 6. The predicted octanol–water partition coefficient (Wildman–Crippen LogP) is 8.04. The Morgan fingerprint density at radius 2 is 1.69 bits per heavy atom. The Morgan fingerprint density at radius 1 is 0.959 bits per heavy atom. The molecule has 1 aliphatic heterocycles. The number of fused-ring (bicyclic) bond motifs is 2. The molecule has 0 aliphatic carbocycles. The number of benzene rings is 4. The summed E-state index contributed by atoms with van der Waals surface area (Å²) in [5.41, 5.74) is 6.16. The number of anilines is 1. The lowest BCUT2D eigenvalue weighted by Gasteiger charge is -2.28. The van der Waals surface area contributed by atoms with E-state index in [1.165, 1.54) is 0 Å². The van der Waals surface area contributed by atoms with Crippen LogP contribution in [0, 0.1) is 0 Å². The number of hydrogen-bond donors (Lipinski definition) is 2. The van der Waals surface area contributed by atoms with Crippen LogP contribution < -0.4 is 14.4 Å². The number of aromatic amines is 1. The Morgan fingerprint density at radius 3 is 2.47 bits per heavy atom. The second-order valence-corrected chi connectivity index (χ2v) is 12.9. The number of nitrogens with zero attached hydrogens (tertiary/aromatic N) is 3. The van der Waals surface area contributed by atoms with E-state index in [2.05, 4.69) is 60.1 Å². The molecule has 0 radical (unpaired) electrons. The van der Waals surface area contributed by atoms with Crippen LogP contribution in [0.15, 0.2) is 91.0 Å². The van der Waals surface area contributed by atoms with Crippen LogP contribution in [0.1, 0.15) is 65.3 Å². The molecule has 0 amide bonds. The van der Waals surface area contributed by atoms with Crippen molar-refractivity contribution in [3.05, 3.63) is 119 Å². The van der Waals surface area contributed by atoms with Crippen LogP contribution in [0.5, 0.6) is 11.5 Å². The third-order valence-electron chi connectivity index (χ3n) is 9.33. The van der Waals surface area contributed by atoms with Gasteiger partial charge in [-0.3, -0.25) is 4.68 Å². The summed E-state index contributed by atoms with van der Waals surface area (Å²) >= 11 is 0. The molecule has 1 aliphatic rings. The molecule has 9 heteroatoms. The number of rotatable bonds is 12. The fourth-order valence-electron chi connectivity index (χ4n) is 7.02. The Balaban J connectivity index is 1.23. The first kappa shape index (κ1) is 32.3. The quantitative estimate of drug-likeness (QED) is 0.137. The van der Waals surface area contributed by atoms with Gasteiger partial charge in [0.15, 0.2) is 0 Å². The van der Waals surface area contributed by atoms with Crippen molar-refractivity contribution in [3.63, 3.8) is 0 Å². The summed E-state index contributed by atoms with van der Waals surface area (Å²) in [5, 5.41) is 17.7. The molecule has 1 fully saturated rings. The van der Waals surface area contributed by atoms with Gasteiger partial charge in [-0.25, -0.2) is 4.79 Å². The standard InChI is InChI=1S/C40H42N4O5/c1-26(2)39-37(34(42-43(39)3)25-48-31-17-15-30(16-18-31)44-20-22-47-23-21-44)36(49-35-13-7-9-27-8-4-5-12-32(27)35)19-14-28-10-6-11-29-24-33(40(45)46)41-38(28)29/h4-13,15-18,24,26,36,41H,14,19-23,25H2,1-3H3,(H,45,46). The zero-order valence-corrected chi connectivity index (χ0v) is 28.2. The van der Waals surface area contributed by atoms with Crippen LogP contribution >= 0.6 is 0 Å². The molecule has 6 aromatic rings. The summed E-state index contributed by atoms with van der Waals surface area (Å²) in [4.78, 5) is 17.2. The first-order valence-corrected chi connectivity index (χ1v) is 16.9. The van der Waals surface area contributed by atoms with Crippen molar-refractivity contribution in [2.45, 2.75) is 45.3 Å². The Labute approximate surface area is 286 Å². The molecule has 2 aromatic heterocycles. The molecular formula is C40H42N4O5. The minimum atomic E-state index is -0.975. The minimum Gasteiger partial charge on any atom is -0.487 e. The lowest BCUT2D eigenvalue weighted by molar-refractivity contribution is 0.0691. The van der Waals surface area contributed by atoms with Crippen LogP contribution in [0.25, 0.3) is 21.7 Å². The molecular weight excluding hydrogens is 616 g/mol. The number of nitrogens with one attached hydrogen (secondary N) is 1. The first-order valence-electron chi connectivity index (χ1n) is 16.9. The fourth-order valence-corrected chi connectivity index (χ4v) is 7.02. The predicted molar refractivity (Wildman–Crippen MR) is 192 cm³/mol. The van der Waals surface area contributed by atoms with Gasteiger partial charge in [-0.05, 0) is 66.1 Å². The van der Waals surface area contributed by atoms with Gasteiger partial charge in [0.25, 0.3) is 0 Å². The van der Waals surface area contributed by atoms with Crippen LogP contribution in [0.2, 0.25) is 0 Å². The molecule has 1 atom stereocenters. The van der Waals surface area contributed by atoms with Gasteiger partial charge >= 0.3 is 5.97 Å². The van der Waals surface area contributed by atoms with E-state index < -0.39 is 5.97 Å². The van der Waals surface area contributed by atoms with Gasteiger partial charge in [0.1, 0.15) is 35.6 Å². The van der Waals surface area contributed by atoms with Crippen molar-refractivity contribution in [1.29, 1.82) is 0 Å². The highest BCUT2D eigenvalue weighted by Crippen LogP contribution is 2.38. The molecule has 9 nitrogen and oxygen atoms in total. The first-order chi connectivity index (χ1) is 23.9. The highest BCUT2D eigenvalue weighted by molar-refractivity contribution is 5.94. The molecule has 49 heavy (non-hydrogen) atoms. The number of morpholine rings is 1. The molecule has 1 unspecified atom stereocenters. The van der Waals surface area contributed by atoms with Gasteiger partial charge in [-0.1, -0.05) is 68.4 Å². The van der Waals surface area contributed by atoms with E-state index in [1.807, 2.05) is 60.3 Å². The third kappa shape index (κ3) is 6.85. The van der Waals surface area contributed by atoms with E-state index in [0.29, 0.717) is 12.8 Å². The van der Waals surface area contributed by atoms with E-state index >= 15 is 0 Å². The van der Waals surface area contributed by atoms with Gasteiger partial charge in [0, 0.05) is 53.4 Å². The maximum atomic E-state index is 11.8. The second-order valence-electron chi connectivity index (χ2n) is 12.9. The Kier molecular flexibility index (Phi) is 9.26. The number of aromatic nitrogens is 3. The number of carbonyl (C=O) groups is 1. The van der Waals surface area contributed by atoms with Crippen molar-refractivity contribution in [2.75, 3.05) is 31.2 Å². The highest BCUT2D eigenvalue weighted by Gasteiger charge is 2.29. The molecule has 252 valence electrons. The number of para-hydroxylation sites is 1. The van der Waals surface area contributed by atoms with E-state index in [4.69, 9.17) is 19.3 Å². The van der Waals surface area contributed by atoms with Crippen LogP contribution in [0.3, 0.4) is 0 Å². The molecule has 0 spiro atoms. The summed E-state index contributed by atoms with van der Waals surface area (Å²) in [6.45, 7) is 7.89. The number of aryl methyl sites for hydroxylation is 2. The lowest BCUT2D eigenvalue weighted by atomic mass is 9.94. The van der Waals surface area contributed by atoms with E-state index in [0.717, 1.165) is 87.7 Å². The van der Waals surface area contributed by atoms with Crippen molar-refractivity contribution >= 4 is 33.3 Å². The molecule has 7 rings (SSSR count). The number of H-pyrrole nitrogens is 1. The SMILES string of the molecule is CC(C)c1c(C(CCc2cccc3cc(C(=O)O)[nH]c23)Oc2cccc3ccccc23)c(COc2ccc(N3CCOCC3)cc2)nn1C. The normalized spacial score (nSPS) is 14.1. The zero-order chi connectivity index (χ0) is 33.9. The van der Waals surface area contributed by atoms with E-state index in [1.54, 1.807) is 6.07 Å². The number of ether oxygens (including phenoxy) is 3. The van der Waals surface area contributed by atoms with Gasteiger partial charge in [-0.15, -0.1) is 0 Å². The number of carboxylic acid groups (broad SMARTS) is 1. The fraction of sp³-hybridized carbons (Fsp3) is 0.300. The molecule has 0 bridgehead atoms.